The van der Waals surface area contributed by atoms with Crippen molar-refractivity contribution in [3.63, 3.8) is 0 Å². The van der Waals surface area contributed by atoms with Gasteiger partial charge < -0.3 is 4.74 Å². The maximum absolute atomic E-state index is 11.0. The molecule has 0 saturated heterocycles. The van der Waals surface area contributed by atoms with E-state index < -0.39 is 0 Å². The number of ether oxygens (including phenoxy) is 1. The first kappa shape index (κ1) is 7.28. The fraction of sp³-hybridized carbons (Fsp3) is 0.333. The van der Waals surface area contributed by atoms with Crippen molar-refractivity contribution >= 4 is 5.78 Å². The molecular formula is C9H9NO2. The van der Waals surface area contributed by atoms with Crippen molar-refractivity contribution in [3.05, 3.63) is 23.4 Å². The van der Waals surface area contributed by atoms with E-state index in [9.17, 15) is 4.79 Å². The van der Waals surface area contributed by atoms with Gasteiger partial charge in [-0.1, -0.05) is 0 Å². The number of ketones is 1. The van der Waals surface area contributed by atoms with Crippen molar-refractivity contribution in [1.82, 2.24) is 4.98 Å². The van der Waals surface area contributed by atoms with E-state index in [0.29, 0.717) is 12.3 Å². The van der Waals surface area contributed by atoms with Gasteiger partial charge in [-0.25, -0.2) is 4.98 Å². The summed E-state index contributed by atoms with van der Waals surface area (Å²) in [7, 11) is 0. The lowest BCUT2D eigenvalue weighted by Gasteiger charge is -2.14. The quantitative estimate of drug-likeness (QED) is 0.570. The van der Waals surface area contributed by atoms with E-state index in [2.05, 4.69) is 4.98 Å². The Labute approximate surface area is 70.4 Å². The number of nitrogens with zero attached hydrogens (tertiary/aromatic N) is 1. The number of carbonyl (C=O) groups excluding carboxylic acids is 1. The highest BCUT2D eigenvalue weighted by atomic mass is 16.5. The Balaban J connectivity index is 2.44. The predicted octanol–water partition coefficient (Wildman–Crippen LogP) is 0.894. The number of aromatic nitrogens is 1. The molecule has 2 rings (SSSR count). The third kappa shape index (κ3) is 1.18. The number of hydrogen-bond acceptors (Lipinski definition) is 3. The van der Waals surface area contributed by atoms with Crippen molar-refractivity contribution in [3.8, 4) is 5.88 Å². The van der Waals surface area contributed by atoms with Gasteiger partial charge in [-0.05, 0) is 18.6 Å². The second-order valence-electron chi connectivity index (χ2n) is 2.98. The van der Waals surface area contributed by atoms with Crippen LogP contribution in [0.25, 0.3) is 0 Å². The first-order chi connectivity index (χ1) is 5.75. The average molecular weight is 163 g/mol. The molecule has 1 aromatic rings. The van der Waals surface area contributed by atoms with E-state index in [1.54, 1.807) is 6.20 Å². The summed E-state index contributed by atoms with van der Waals surface area (Å²) in [5.41, 5.74) is 1.97. The molecule has 0 fully saturated rings. The molecule has 1 aliphatic rings. The smallest absolute Gasteiger partial charge is 0.217 e. The summed E-state index contributed by atoms with van der Waals surface area (Å²) in [6, 6.07) is 1.94. The van der Waals surface area contributed by atoms with Crippen LogP contribution in [0.5, 0.6) is 5.88 Å². The molecule has 1 aliphatic heterocycles. The third-order valence-electron chi connectivity index (χ3n) is 1.82. The second kappa shape index (κ2) is 2.59. The van der Waals surface area contributed by atoms with E-state index in [1.807, 2.05) is 13.0 Å². The molecule has 0 spiro atoms. The van der Waals surface area contributed by atoms with Crippen molar-refractivity contribution in [1.29, 1.82) is 0 Å². The number of rotatable bonds is 0. The highest BCUT2D eigenvalue weighted by molar-refractivity contribution is 5.84. The minimum absolute atomic E-state index is 0.120. The molecule has 0 aromatic carbocycles. The zero-order valence-corrected chi connectivity index (χ0v) is 6.83. The normalized spacial score (nSPS) is 15.2. The van der Waals surface area contributed by atoms with Gasteiger partial charge in [0.05, 0.1) is 0 Å². The van der Waals surface area contributed by atoms with Gasteiger partial charge in [0.1, 0.15) is 6.61 Å². The number of hydrogen-bond donors (Lipinski definition) is 0. The first-order valence-corrected chi connectivity index (χ1v) is 3.86. The minimum atomic E-state index is 0.120. The molecule has 3 nitrogen and oxygen atoms in total. The fourth-order valence-electron chi connectivity index (χ4n) is 1.29. The van der Waals surface area contributed by atoms with Crippen LogP contribution in [0.1, 0.15) is 11.1 Å². The minimum Gasteiger partial charge on any atom is -0.469 e. The third-order valence-corrected chi connectivity index (χ3v) is 1.82. The number of aryl methyl sites for hydroxylation is 1. The molecule has 2 heterocycles. The van der Waals surface area contributed by atoms with Crippen molar-refractivity contribution in [2.45, 2.75) is 13.3 Å². The van der Waals surface area contributed by atoms with Gasteiger partial charge in [-0.15, -0.1) is 0 Å². The summed E-state index contributed by atoms with van der Waals surface area (Å²) < 4.78 is 5.13. The maximum Gasteiger partial charge on any atom is 0.217 e. The van der Waals surface area contributed by atoms with Crippen LogP contribution in [0, 0.1) is 6.92 Å². The zero-order valence-electron chi connectivity index (χ0n) is 6.83. The van der Waals surface area contributed by atoms with Gasteiger partial charge in [-0.2, -0.15) is 0 Å². The molecule has 0 saturated carbocycles. The number of fused-ring (bicyclic) bond motifs is 1. The van der Waals surface area contributed by atoms with Gasteiger partial charge in [0.25, 0.3) is 0 Å². The van der Waals surface area contributed by atoms with Gasteiger partial charge in [0.2, 0.25) is 5.88 Å². The number of carbonyl (C=O) groups is 1. The van der Waals surface area contributed by atoms with Crippen LogP contribution in [0.4, 0.5) is 0 Å². The Bertz CT molecular complexity index is 333. The zero-order chi connectivity index (χ0) is 8.55. The summed E-state index contributed by atoms with van der Waals surface area (Å²) in [5.74, 6) is 0.732. The monoisotopic (exact) mass is 163 g/mol. The largest absolute Gasteiger partial charge is 0.469 e. The Morgan fingerprint density at radius 3 is 3.25 bits per heavy atom. The van der Waals surface area contributed by atoms with E-state index >= 15 is 0 Å². The lowest BCUT2D eigenvalue weighted by Crippen LogP contribution is -2.21. The Hall–Kier alpha value is -1.38. The van der Waals surface area contributed by atoms with E-state index in [-0.39, 0.29) is 12.4 Å². The van der Waals surface area contributed by atoms with Crippen LogP contribution < -0.4 is 4.74 Å². The lowest BCUT2D eigenvalue weighted by molar-refractivity contribution is -0.121. The first-order valence-electron chi connectivity index (χ1n) is 3.86. The summed E-state index contributed by atoms with van der Waals surface area (Å²) in [6.07, 6.45) is 2.21. The molecule has 0 atom stereocenters. The molecule has 0 amide bonds. The average Bonchev–Trinajstić information content (AvgIpc) is 2.03. The summed E-state index contributed by atoms with van der Waals surface area (Å²) in [4.78, 5) is 15.1. The van der Waals surface area contributed by atoms with Gasteiger partial charge in [-0.3, -0.25) is 4.79 Å². The van der Waals surface area contributed by atoms with Crippen LogP contribution in [-0.2, 0) is 11.2 Å². The van der Waals surface area contributed by atoms with Crippen molar-refractivity contribution in [2.24, 2.45) is 0 Å². The molecule has 12 heavy (non-hydrogen) atoms. The molecule has 1 aromatic heterocycles. The molecule has 0 aliphatic carbocycles. The van der Waals surface area contributed by atoms with Crippen LogP contribution >= 0.6 is 0 Å². The van der Waals surface area contributed by atoms with E-state index in [4.69, 9.17) is 4.74 Å². The fourth-order valence-corrected chi connectivity index (χ4v) is 1.29. The van der Waals surface area contributed by atoms with Crippen LogP contribution in [0.3, 0.4) is 0 Å². The molecule has 0 N–H and O–H groups in total. The highest BCUT2D eigenvalue weighted by Crippen LogP contribution is 2.20. The Morgan fingerprint density at radius 2 is 2.42 bits per heavy atom. The van der Waals surface area contributed by atoms with Crippen LogP contribution in [0.15, 0.2) is 12.3 Å². The topological polar surface area (TPSA) is 39.2 Å². The Morgan fingerprint density at radius 1 is 1.58 bits per heavy atom. The highest BCUT2D eigenvalue weighted by Gasteiger charge is 2.17. The molecule has 0 unspecified atom stereocenters. The summed E-state index contributed by atoms with van der Waals surface area (Å²) in [6.45, 7) is 2.12. The SMILES string of the molecule is Cc1cnc2c(c1)CC(=O)CO2. The maximum atomic E-state index is 11.0. The number of Topliss-reactive ketones (excluding diaryl/α,β-unsaturated/α-hetero) is 1. The van der Waals surface area contributed by atoms with Gasteiger partial charge >= 0.3 is 0 Å². The van der Waals surface area contributed by atoms with Gasteiger partial charge in [0.15, 0.2) is 5.78 Å². The van der Waals surface area contributed by atoms with Gasteiger partial charge in [0, 0.05) is 18.2 Å². The Kier molecular flexibility index (Phi) is 1.57. The van der Waals surface area contributed by atoms with Crippen LogP contribution in [-0.4, -0.2) is 17.4 Å². The molecule has 0 radical (unpaired) electrons. The van der Waals surface area contributed by atoms with E-state index in [0.717, 1.165) is 11.1 Å². The molecule has 3 heteroatoms. The lowest BCUT2D eigenvalue weighted by atomic mass is 10.1. The standard InChI is InChI=1S/C9H9NO2/c1-6-2-7-3-8(11)5-12-9(7)10-4-6/h2,4H,3,5H2,1H3. The second-order valence-corrected chi connectivity index (χ2v) is 2.98. The van der Waals surface area contributed by atoms with Crippen molar-refractivity contribution < 1.29 is 9.53 Å². The molecule has 0 bridgehead atoms. The number of pyridine rings is 1. The molecule has 62 valence electrons. The van der Waals surface area contributed by atoms with E-state index in [1.165, 1.54) is 0 Å². The molecular weight excluding hydrogens is 154 g/mol. The summed E-state index contributed by atoms with van der Waals surface area (Å²) in [5, 5.41) is 0. The predicted molar refractivity (Wildman–Crippen MR) is 43.2 cm³/mol. The van der Waals surface area contributed by atoms with Crippen LogP contribution in [0.2, 0.25) is 0 Å². The summed E-state index contributed by atoms with van der Waals surface area (Å²) >= 11 is 0. The van der Waals surface area contributed by atoms with Crippen molar-refractivity contribution in [2.75, 3.05) is 6.61 Å².